The quantitative estimate of drug-likeness (QED) is 0.791. The molecule has 1 amide bonds. The summed E-state index contributed by atoms with van der Waals surface area (Å²) in [5.41, 5.74) is 1.93. The lowest BCUT2D eigenvalue weighted by molar-refractivity contribution is -0.192. The lowest BCUT2D eigenvalue weighted by atomic mass is 10.1. The number of carboxylic acid groups (broad SMARTS) is 1. The Bertz CT molecular complexity index is 909. The van der Waals surface area contributed by atoms with Crippen molar-refractivity contribution in [3.63, 3.8) is 0 Å². The summed E-state index contributed by atoms with van der Waals surface area (Å²) < 4.78 is 35.3. The van der Waals surface area contributed by atoms with Crippen LogP contribution in [0.5, 0.6) is 0 Å². The SMILES string of the molecule is Cn1cc(CN2CC[C@H]3[C@H]2CCN3C(=O)c2cnn(C)c2)cn1.O=C(O)C(F)(F)F. The number of carboxylic acids is 1. The fourth-order valence-corrected chi connectivity index (χ4v) is 4.01. The average molecular weight is 428 g/mol. The molecule has 0 aromatic carbocycles. The van der Waals surface area contributed by atoms with Gasteiger partial charge in [-0.2, -0.15) is 23.4 Å². The standard InChI is InChI=1S/C16H22N6O.C2HF3O2/c1-19-9-12(7-17-19)10-21-5-3-15-14(21)4-6-22(15)16(23)13-8-18-20(2)11-13;3-2(4,5)1(6)7/h7-9,11,14-15H,3-6,10H2,1-2H3;(H,6,7)/t14-,15+;/m1./s1. The Labute approximate surface area is 170 Å². The largest absolute Gasteiger partial charge is 0.490 e. The van der Waals surface area contributed by atoms with Gasteiger partial charge in [0, 0.05) is 63.8 Å². The molecule has 2 aromatic rings. The molecule has 0 aliphatic carbocycles. The summed E-state index contributed by atoms with van der Waals surface area (Å²) >= 11 is 0. The van der Waals surface area contributed by atoms with E-state index < -0.39 is 12.1 Å². The molecule has 2 aliphatic rings. The molecule has 0 unspecified atom stereocenters. The molecule has 30 heavy (non-hydrogen) atoms. The molecule has 164 valence electrons. The number of aromatic nitrogens is 4. The van der Waals surface area contributed by atoms with Crippen LogP contribution >= 0.6 is 0 Å². The van der Waals surface area contributed by atoms with Gasteiger partial charge in [0.25, 0.3) is 5.91 Å². The summed E-state index contributed by atoms with van der Waals surface area (Å²) in [5, 5.41) is 15.5. The van der Waals surface area contributed by atoms with Crippen molar-refractivity contribution in [3.8, 4) is 0 Å². The first-order chi connectivity index (χ1) is 14.1. The summed E-state index contributed by atoms with van der Waals surface area (Å²) in [7, 11) is 3.79. The summed E-state index contributed by atoms with van der Waals surface area (Å²) in [5.74, 6) is -2.64. The minimum Gasteiger partial charge on any atom is -0.475 e. The van der Waals surface area contributed by atoms with Gasteiger partial charge < -0.3 is 10.0 Å². The number of hydrogen-bond acceptors (Lipinski definition) is 5. The number of carbonyl (C=O) groups excluding carboxylic acids is 1. The molecule has 0 bridgehead atoms. The van der Waals surface area contributed by atoms with E-state index in [1.807, 2.05) is 29.9 Å². The Morgan fingerprint density at radius 2 is 1.67 bits per heavy atom. The predicted octanol–water partition coefficient (Wildman–Crippen LogP) is 1.28. The van der Waals surface area contributed by atoms with Crippen molar-refractivity contribution in [2.45, 2.75) is 37.6 Å². The van der Waals surface area contributed by atoms with Crippen LogP contribution in [0.2, 0.25) is 0 Å². The van der Waals surface area contributed by atoms with Gasteiger partial charge in [-0.1, -0.05) is 0 Å². The highest BCUT2D eigenvalue weighted by Gasteiger charge is 2.44. The zero-order valence-corrected chi connectivity index (χ0v) is 16.6. The van der Waals surface area contributed by atoms with E-state index in [1.165, 1.54) is 5.56 Å². The molecule has 2 saturated heterocycles. The monoisotopic (exact) mass is 428 g/mol. The van der Waals surface area contributed by atoms with Crippen LogP contribution in [0, 0.1) is 0 Å². The minimum atomic E-state index is -5.08. The van der Waals surface area contributed by atoms with Crippen LogP contribution in [-0.2, 0) is 25.4 Å². The Hall–Kier alpha value is -2.89. The molecule has 0 radical (unpaired) electrons. The van der Waals surface area contributed by atoms with E-state index in [0.29, 0.717) is 17.6 Å². The summed E-state index contributed by atoms with van der Waals surface area (Å²) in [4.78, 5) is 26.2. The Morgan fingerprint density at radius 3 is 2.20 bits per heavy atom. The number of aliphatic carboxylic acids is 1. The van der Waals surface area contributed by atoms with E-state index in [4.69, 9.17) is 9.90 Å². The van der Waals surface area contributed by atoms with Gasteiger partial charge in [0.1, 0.15) is 0 Å². The van der Waals surface area contributed by atoms with Crippen LogP contribution in [0.1, 0.15) is 28.8 Å². The Kier molecular flexibility index (Phi) is 6.15. The number of fused-ring (bicyclic) bond motifs is 1. The maximum Gasteiger partial charge on any atom is 0.490 e. The third kappa shape index (κ3) is 4.81. The molecule has 0 spiro atoms. The topological polar surface area (TPSA) is 96.5 Å². The number of amides is 1. The maximum absolute atomic E-state index is 12.7. The van der Waals surface area contributed by atoms with Crippen LogP contribution in [0.25, 0.3) is 0 Å². The molecule has 1 N–H and O–H groups in total. The summed E-state index contributed by atoms with van der Waals surface area (Å²) in [6.07, 6.45) is 4.49. The third-order valence-electron chi connectivity index (χ3n) is 5.29. The molecular formula is C18H23F3N6O3. The highest BCUT2D eigenvalue weighted by atomic mass is 19.4. The van der Waals surface area contributed by atoms with E-state index in [1.54, 1.807) is 17.1 Å². The van der Waals surface area contributed by atoms with Crippen LogP contribution in [-0.4, -0.2) is 77.7 Å². The van der Waals surface area contributed by atoms with E-state index in [0.717, 1.165) is 32.5 Å². The first kappa shape index (κ1) is 21.8. The molecule has 2 aromatic heterocycles. The molecule has 4 heterocycles. The highest BCUT2D eigenvalue weighted by molar-refractivity contribution is 5.94. The van der Waals surface area contributed by atoms with Crippen molar-refractivity contribution < 1.29 is 27.9 Å². The van der Waals surface area contributed by atoms with Crippen molar-refractivity contribution >= 4 is 11.9 Å². The number of likely N-dealkylation sites (tertiary alicyclic amines) is 2. The minimum absolute atomic E-state index is 0.119. The second kappa shape index (κ2) is 8.46. The normalized spacial score (nSPS) is 21.3. The first-order valence-corrected chi connectivity index (χ1v) is 9.37. The molecule has 2 aliphatic heterocycles. The van der Waals surface area contributed by atoms with Gasteiger partial charge in [0.15, 0.2) is 0 Å². The Morgan fingerprint density at radius 1 is 1.07 bits per heavy atom. The Balaban J connectivity index is 0.000000318. The maximum atomic E-state index is 12.7. The van der Waals surface area contributed by atoms with Gasteiger partial charge in [0.2, 0.25) is 0 Å². The molecule has 9 nitrogen and oxygen atoms in total. The average Bonchev–Trinajstić information content (AvgIpc) is 3.41. The smallest absolute Gasteiger partial charge is 0.475 e. The van der Waals surface area contributed by atoms with E-state index in [-0.39, 0.29) is 5.91 Å². The molecule has 0 saturated carbocycles. The molecule has 2 atom stereocenters. The summed E-state index contributed by atoms with van der Waals surface area (Å²) in [6.45, 7) is 2.80. The van der Waals surface area contributed by atoms with Gasteiger partial charge in [0.05, 0.1) is 18.0 Å². The third-order valence-corrected chi connectivity index (χ3v) is 5.29. The van der Waals surface area contributed by atoms with E-state index in [9.17, 15) is 18.0 Å². The zero-order chi connectivity index (χ0) is 22.1. The number of halogens is 3. The van der Waals surface area contributed by atoms with Crippen LogP contribution in [0.4, 0.5) is 13.2 Å². The van der Waals surface area contributed by atoms with Crippen molar-refractivity contribution in [1.29, 1.82) is 0 Å². The van der Waals surface area contributed by atoms with Gasteiger partial charge in [-0.15, -0.1) is 0 Å². The molecule has 12 heteroatoms. The second-order valence-electron chi connectivity index (χ2n) is 7.41. The fraction of sp³-hybridized carbons (Fsp3) is 0.556. The van der Waals surface area contributed by atoms with Crippen LogP contribution in [0.3, 0.4) is 0 Å². The predicted molar refractivity (Wildman–Crippen MR) is 98.4 cm³/mol. The highest BCUT2D eigenvalue weighted by Crippen LogP contribution is 2.33. The van der Waals surface area contributed by atoms with Gasteiger partial charge >= 0.3 is 12.1 Å². The van der Waals surface area contributed by atoms with Crippen molar-refractivity contribution in [2.24, 2.45) is 14.1 Å². The van der Waals surface area contributed by atoms with Crippen molar-refractivity contribution in [3.05, 3.63) is 35.9 Å². The number of rotatable bonds is 3. The first-order valence-electron chi connectivity index (χ1n) is 9.37. The van der Waals surface area contributed by atoms with E-state index >= 15 is 0 Å². The van der Waals surface area contributed by atoms with Crippen molar-refractivity contribution in [2.75, 3.05) is 13.1 Å². The number of hydrogen-bond donors (Lipinski definition) is 1. The van der Waals surface area contributed by atoms with Crippen LogP contribution in [0.15, 0.2) is 24.8 Å². The number of alkyl halides is 3. The van der Waals surface area contributed by atoms with Gasteiger partial charge in [-0.3, -0.25) is 19.1 Å². The van der Waals surface area contributed by atoms with Crippen LogP contribution < -0.4 is 0 Å². The van der Waals surface area contributed by atoms with Gasteiger partial charge in [-0.25, -0.2) is 4.79 Å². The molecular weight excluding hydrogens is 405 g/mol. The number of carbonyl (C=O) groups is 2. The van der Waals surface area contributed by atoms with Gasteiger partial charge in [-0.05, 0) is 12.8 Å². The number of aryl methyl sites for hydroxylation is 2. The molecule has 4 rings (SSSR count). The lowest BCUT2D eigenvalue weighted by Crippen LogP contribution is -2.39. The molecule has 2 fully saturated rings. The van der Waals surface area contributed by atoms with E-state index in [2.05, 4.69) is 21.3 Å². The van der Waals surface area contributed by atoms with Crippen molar-refractivity contribution in [1.82, 2.24) is 29.4 Å². The lowest BCUT2D eigenvalue weighted by Gasteiger charge is -2.25. The zero-order valence-electron chi connectivity index (χ0n) is 16.6. The second-order valence-corrected chi connectivity index (χ2v) is 7.41. The fourth-order valence-electron chi connectivity index (χ4n) is 4.01. The summed E-state index contributed by atoms with van der Waals surface area (Å²) in [6, 6.07) is 0.801. The number of nitrogens with zero attached hydrogens (tertiary/aromatic N) is 6.